The number of carbonyl (C=O) groups excluding carboxylic acids is 9. The quantitative estimate of drug-likeness (QED) is 0.0915. The first-order chi connectivity index (χ1) is 36.9. The SMILES string of the molecule is CCCCOC1(CO)/C=C/C(=O)NCC(=O)OC[C@@H]2NC(=O)[C@@H]([C@@H](C)O)NC(=O)[C@H](Cc3ccccc3)N(C)C(=O)C(NC(=O)[C@@H]([C@@H](C)CC)NC(=O)[C@@H](NC(=O)[C@H](C)[C@H](O)C(C)C)[C@@H](C)OC2=O)c2ccc(cc2)O[C@@H]1C. The van der Waals surface area contributed by atoms with Crippen LogP contribution in [0.15, 0.2) is 66.7 Å². The van der Waals surface area contributed by atoms with Crippen molar-refractivity contribution in [2.24, 2.45) is 17.8 Å². The summed E-state index contributed by atoms with van der Waals surface area (Å²) in [4.78, 5) is 130. The van der Waals surface area contributed by atoms with Gasteiger partial charge in [-0.05, 0) is 68.4 Å². The first kappa shape index (κ1) is 63.6. The highest BCUT2D eigenvalue weighted by molar-refractivity contribution is 5.98. The minimum Gasteiger partial charge on any atom is -0.487 e. The number of benzene rings is 2. The minimum absolute atomic E-state index is 0.147. The maximum atomic E-state index is 15.3. The number of nitrogens with one attached hydrogen (secondary N) is 6. The number of unbranched alkanes of at least 4 members (excludes halogenated alkanes) is 1. The number of carbonyl (C=O) groups is 9. The summed E-state index contributed by atoms with van der Waals surface area (Å²) >= 11 is 0. The van der Waals surface area contributed by atoms with Crippen molar-refractivity contribution in [2.45, 2.75) is 154 Å². The molecule has 3 heterocycles. The molecule has 7 amide bonds. The summed E-state index contributed by atoms with van der Waals surface area (Å²) in [6, 6.07) is 4.24. The van der Waals surface area contributed by atoms with E-state index in [0.29, 0.717) is 12.0 Å². The fourth-order valence-corrected chi connectivity index (χ4v) is 8.54. The van der Waals surface area contributed by atoms with Gasteiger partial charge in [0.1, 0.15) is 66.9 Å². The zero-order chi connectivity index (χ0) is 58.0. The maximum Gasteiger partial charge on any atom is 0.332 e. The Balaban J connectivity index is 2.04. The topological polar surface area (TPSA) is 327 Å². The van der Waals surface area contributed by atoms with Crippen molar-refractivity contribution in [3.63, 3.8) is 0 Å². The predicted octanol–water partition coefficient (Wildman–Crippen LogP) is 0.422. The summed E-state index contributed by atoms with van der Waals surface area (Å²) in [7, 11) is 1.31. The number of nitrogens with zero attached hydrogens (tertiary/aromatic N) is 1. The molecule has 0 spiro atoms. The number of amides is 7. The van der Waals surface area contributed by atoms with Crippen molar-refractivity contribution in [1.82, 2.24) is 36.8 Å². The second-order valence-corrected chi connectivity index (χ2v) is 20.3. The van der Waals surface area contributed by atoms with Gasteiger partial charge in [-0.3, -0.25) is 38.4 Å². The summed E-state index contributed by atoms with van der Waals surface area (Å²) in [5.74, 6) is -11.2. The van der Waals surface area contributed by atoms with Crippen LogP contribution in [0.5, 0.6) is 5.75 Å². The van der Waals surface area contributed by atoms with Crippen molar-refractivity contribution in [2.75, 3.05) is 33.4 Å². The number of ether oxygens (including phenoxy) is 4. The lowest BCUT2D eigenvalue weighted by molar-refractivity contribution is -0.160. The largest absolute Gasteiger partial charge is 0.487 e. The number of hydrogen-bond acceptors (Lipinski definition) is 16. The van der Waals surface area contributed by atoms with Crippen molar-refractivity contribution in [3.05, 3.63) is 77.9 Å². The van der Waals surface area contributed by atoms with E-state index in [4.69, 9.17) is 18.9 Å². The van der Waals surface area contributed by atoms with Gasteiger partial charge >= 0.3 is 11.9 Å². The molecule has 430 valence electrons. The lowest BCUT2D eigenvalue weighted by atomic mass is 9.93. The van der Waals surface area contributed by atoms with Gasteiger partial charge in [0.25, 0.3) is 0 Å². The Hall–Kier alpha value is -6.95. The van der Waals surface area contributed by atoms with E-state index in [1.165, 1.54) is 58.2 Å². The molecule has 23 heteroatoms. The first-order valence-corrected chi connectivity index (χ1v) is 26.4. The van der Waals surface area contributed by atoms with E-state index in [0.717, 1.165) is 17.4 Å². The summed E-state index contributed by atoms with van der Waals surface area (Å²) in [5.41, 5.74) is -0.920. The molecule has 2 unspecified atom stereocenters. The van der Waals surface area contributed by atoms with Crippen LogP contribution in [0.1, 0.15) is 98.7 Å². The monoisotopic (exact) mass is 1090 g/mol. The highest BCUT2D eigenvalue weighted by Gasteiger charge is 2.42. The lowest BCUT2D eigenvalue weighted by Crippen LogP contribution is -2.61. The number of aliphatic hydroxyl groups is 3. The number of hydrogen-bond donors (Lipinski definition) is 9. The normalized spacial score (nSPS) is 27.6. The standard InChI is InChI=1S/C55H79N7O16/c1-11-13-25-76-55(29-63)24-23-41(65)56-27-42(66)75-28-39-54(74)77-34(8)45(60-48(68)32(6)47(67)30(3)4)52(72)58-43(31(5)12-2)50(70)61-46(37-19-21-38(22-20-37)78-35(55)9)53(73)62(10)40(26-36-17-15-14-16-18-36)49(69)59-44(33(7)64)51(71)57-39/h14-24,30-35,39-40,43-47,63-64,67H,11-13,25-29H2,1-10H3,(H,56,65)(H,57,71)(H,58,72)(H,59,69)(H,60,68)(H,61,70)/b24-23+/t31-,32+,33+,34+,35+,39-,40-,43+,44+,45-,46?,47+,55?/m0/s1. The van der Waals surface area contributed by atoms with Crippen molar-refractivity contribution in [3.8, 4) is 5.75 Å². The zero-order valence-electron chi connectivity index (χ0n) is 46.1. The van der Waals surface area contributed by atoms with E-state index in [2.05, 4.69) is 31.9 Å². The molecule has 2 aromatic carbocycles. The zero-order valence-corrected chi connectivity index (χ0v) is 46.1. The number of likely N-dealkylation sites (N-methyl/N-ethyl adjacent to an activating group) is 1. The second kappa shape index (κ2) is 29.7. The van der Waals surface area contributed by atoms with Crippen molar-refractivity contribution in [1.29, 1.82) is 0 Å². The number of aliphatic hydroxyl groups excluding tert-OH is 3. The molecule has 4 bridgehead atoms. The van der Waals surface area contributed by atoms with Crippen molar-refractivity contribution >= 4 is 53.3 Å². The molecule has 3 aliphatic rings. The van der Waals surface area contributed by atoms with Gasteiger partial charge in [-0.1, -0.05) is 96.8 Å². The lowest BCUT2D eigenvalue weighted by Gasteiger charge is -2.35. The van der Waals surface area contributed by atoms with Crippen LogP contribution in [0.4, 0.5) is 0 Å². The van der Waals surface area contributed by atoms with E-state index in [1.807, 2.05) is 6.92 Å². The Kier molecular flexibility index (Phi) is 24.2. The van der Waals surface area contributed by atoms with Crippen LogP contribution in [-0.4, -0.2) is 167 Å². The van der Waals surface area contributed by atoms with Gasteiger partial charge in [-0.15, -0.1) is 0 Å². The third-order valence-corrected chi connectivity index (χ3v) is 14.0. The van der Waals surface area contributed by atoms with Gasteiger partial charge in [0.2, 0.25) is 41.4 Å². The van der Waals surface area contributed by atoms with E-state index >= 15 is 4.79 Å². The molecule has 2 aromatic rings. The summed E-state index contributed by atoms with van der Waals surface area (Å²) in [6.45, 7) is 11.8. The van der Waals surface area contributed by atoms with Gasteiger partial charge < -0.3 is 71.1 Å². The van der Waals surface area contributed by atoms with Crippen LogP contribution in [0.25, 0.3) is 0 Å². The predicted molar refractivity (Wildman–Crippen MR) is 282 cm³/mol. The molecular formula is C55H79N7O16. The van der Waals surface area contributed by atoms with Gasteiger partial charge in [0.15, 0.2) is 6.04 Å². The van der Waals surface area contributed by atoms with E-state index in [1.54, 1.807) is 65.0 Å². The molecule has 23 nitrogen and oxygen atoms in total. The second-order valence-electron chi connectivity index (χ2n) is 20.3. The molecule has 3 aliphatic heterocycles. The first-order valence-electron chi connectivity index (χ1n) is 26.4. The van der Waals surface area contributed by atoms with Crippen LogP contribution in [0.2, 0.25) is 0 Å². The third-order valence-electron chi connectivity index (χ3n) is 14.0. The Morgan fingerprint density at radius 3 is 2.08 bits per heavy atom. The van der Waals surface area contributed by atoms with Gasteiger partial charge in [-0.2, -0.15) is 0 Å². The highest BCUT2D eigenvalue weighted by Crippen LogP contribution is 2.28. The molecule has 1 fully saturated rings. The van der Waals surface area contributed by atoms with Crippen molar-refractivity contribution < 1.29 is 77.4 Å². The van der Waals surface area contributed by atoms with Crippen LogP contribution >= 0.6 is 0 Å². The molecule has 0 radical (unpaired) electrons. The van der Waals surface area contributed by atoms with Gasteiger partial charge in [-0.25, -0.2) is 4.79 Å². The molecule has 78 heavy (non-hydrogen) atoms. The Morgan fingerprint density at radius 2 is 1.47 bits per heavy atom. The molecule has 0 aromatic heterocycles. The van der Waals surface area contributed by atoms with Crippen LogP contribution in [-0.2, 0) is 63.8 Å². The number of fused-ring (bicyclic) bond motifs is 11. The molecule has 13 atom stereocenters. The van der Waals surface area contributed by atoms with E-state index in [-0.39, 0.29) is 30.8 Å². The molecule has 0 aliphatic carbocycles. The smallest absolute Gasteiger partial charge is 0.332 e. The van der Waals surface area contributed by atoms with E-state index < -0.39 is 157 Å². The number of rotatable bonds is 14. The number of cyclic esters (lactones) is 1. The van der Waals surface area contributed by atoms with Gasteiger partial charge in [0, 0.05) is 26.2 Å². The average molecular weight is 1090 g/mol. The summed E-state index contributed by atoms with van der Waals surface area (Å²) in [5, 5.41) is 48.0. The van der Waals surface area contributed by atoms with E-state index in [9.17, 15) is 53.7 Å². The highest BCUT2D eigenvalue weighted by atomic mass is 16.6. The molecular weight excluding hydrogens is 1010 g/mol. The van der Waals surface area contributed by atoms with Crippen LogP contribution in [0.3, 0.4) is 0 Å². The summed E-state index contributed by atoms with van der Waals surface area (Å²) in [6.07, 6.45) is -1.82. The molecule has 9 N–H and O–H groups in total. The molecule has 5 rings (SSSR count). The van der Waals surface area contributed by atoms with Gasteiger partial charge in [0.05, 0.1) is 24.7 Å². The third kappa shape index (κ3) is 17.3. The molecule has 1 saturated heterocycles. The molecule has 0 saturated carbocycles. The number of esters is 2. The summed E-state index contributed by atoms with van der Waals surface area (Å²) < 4.78 is 23.6. The Bertz CT molecular complexity index is 2420. The minimum atomic E-state index is -1.97. The Morgan fingerprint density at radius 1 is 0.833 bits per heavy atom. The van der Waals surface area contributed by atoms with Crippen LogP contribution < -0.4 is 36.6 Å². The fourth-order valence-electron chi connectivity index (χ4n) is 8.54. The fraction of sp³-hybridized carbons (Fsp3) is 0.582. The van der Waals surface area contributed by atoms with Crippen LogP contribution in [0, 0.1) is 17.8 Å². The Labute approximate surface area is 455 Å². The maximum absolute atomic E-state index is 15.3. The average Bonchev–Trinajstić information content (AvgIpc) is 3.44.